The highest BCUT2D eigenvalue weighted by Gasteiger charge is 2.52. The molecule has 3 rings (SSSR count). The Morgan fingerprint density at radius 2 is 1.75 bits per heavy atom. The molecule has 13 heteroatoms. The number of hydrogen-bond acceptors (Lipinski definition) is 13. The van der Waals surface area contributed by atoms with Crippen molar-refractivity contribution in [3.63, 3.8) is 0 Å². The molecule has 8 N–H and O–H groups in total. The largest absolute Gasteiger partial charge is 0.395 e. The van der Waals surface area contributed by atoms with Crippen molar-refractivity contribution in [2.75, 3.05) is 19.7 Å². The average Bonchev–Trinajstić information content (AvgIpc) is 3.15. The van der Waals surface area contributed by atoms with Gasteiger partial charge in [0.05, 0.1) is 18.8 Å². The van der Waals surface area contributed by atoms with E-state index in [1.807, 2.05) is 0 Å². The van der Waals surface area contributed by atoms with E-state index >= 15 is 0 Å². The maximum atomic E-state index is 11.0. The Kier molecular flexibility index (Phi) is 8.33. The third kappa shape index (κ3) is 4.74. The van der Waals surface area contributed by atoms with Crippen LogP contribution in [0.15, 0.2) is 17.3 Å². The molecule has 0 aromatic rings. The number of aliphatic hydroxyl groups excluding tert-OH is 7. The van der Waals surface area contributed by atoms with Crippen LogP contribution in [0.3, 0.4) is 0 Å². The number of nitrogens with one attached hydrogen (secondary N) is 1. The van der Waals surface area contributed by atoms with E-state index in [2.05, 4.69) is 17.1 Å². The van der Waals surface area contributed by atoms with Crippen LogP contribution in [0.1, 0.15) is 6.92 Å². The van der Waals surface area contributed by atoms with Crippen LogP contribution in [0.25, 0.3) is 0 Å². The Labute approximate surface area is 184 Å². The summed E-state index contributed by atoms with van der Waals surface area (Å²) in [6.45, 7) is 4.73. The normalized spacial score (nSPS) is 49.7. The van der Waals surface area contributed by atoms with Crippen LogP contribution in [0.5, 0.6) is 0 Å². The lowest BCUT2D eigenvalue weighted by molar-refractivity contribution is -0.333. The number of ether oxygens (including phenoxy) is 3. The van der Waals surface area contributed by atoms with Crippen LogP contribution in [-0.2, 0) is 14.2 Å². The number of hydrogen-bond donors (Lipinski definition) is 8. The predicted octanol–water partition coefficient (Wildman–Crippen LogP) is -4.05. The number of rotatable bonds is 7. The third-order valence-electron chi connectivity index (χ3n) is 6.47. The summed E-state index contributed by atoms with van der Waals surface area (Å²) >= 11 is 0. The molecule has 0 radical (unpaired) electrons. The summed E-state index contributed by atoms with van der Waals surface area (Å²) in [5.41, 5.74) is 0.212. The Morgan fingerprint density at radius 3 is 2.38 bits per heavy atom. The molecule has 3 aliphatic rings. The quantitative estimate of drug-likeness (QED) is 0.134. The molecule has 0 aromatic heterocycles. The monoisotopic (exact) mass is 464 g/mol. The summed E-state index contributed by atoms with van der Waals surface area (Å²) in [6.07, 6.45) is -15.0. The van der Waals surface area contributed by atoms with Gasteiger partial charge in [0.15, 0.2) is 6.29 Å². The molecule has 0 amide bonds. The van der Waals surface area contributed by atoms with Crippen molar-refractivity contribution in [2.24, 2.45) is 11.1 Å². The van der Waals surface area contributed by atoms with E-state index in [1.54, 1.807) is 0 Å². The summed E-state index contributed by atoms with van der Waals surface area (Å²) in [5, 5.41) is 77.0. The summed E-state index contributed by atoms with van der Waals surface area (Å²) < 4.78 is 16.7. The molecule has 0 unspecified atom stereocenters. The summed E-state index contributed by atoms with van der Waals surface area (Å²) in [7, 11) is 0. The Bertz CT molecular complexity index is 669. The Balaban J connectivity index is 1.78. The fourth-order valence-electron chi connectivity index (χ4n) is 4.58. The fourth-order valence-corrected chi connectivity index (χ4v) is 4.58. The second-order valence-electron chi connectivity index (χ2n) is 8.54. The van der Waals surface area contributed by atoms with Crippen LogP contribution in [0.2, 0.25) is 0 Å². The van der Waals surface area contributed by atoms with Gasteiger partial charge in [0.25, 0.3) is 0 Å². The van der Waals surface area contributed by atoms with Gasteiger partial charge >= 0.3 is 0 Å². The molecule has 0 aromatic carbocycles. The van der Waals surface area contributed by atoms with Crippen LogP contribution in [-0.4, -0.2) is 129 Å². The van der Waals surface area contributed by atoms with Crippen molar-refractivity contribution < 1.29 is 50.0 Å². The van der Waals surface area contributed by atoms with Gasteiger partial charge in [-0.2, -0.15) is 4.91 Å². The predicted molar refractivity (Wildman–Crippen MR) is 106 cm³/mol. The maximum absolute atomic E-state index is 11.0. The van der Waals surface area contributed by atoms with Crippen LogP contribution in [0.4, 0.5) is 0 Å². The van der Waals surface area contributed by atoms with Gasteiger partial charge in [-0.3, -0.25) is 0 Å². The van der Waals surface area contributed by atoms with Gasteiger partial charge in [-0.05, 0) is 12.5 Å². The van der Waals surface area contributed by atoms with Gasteiger partial charge in [0.1, 0.15) is 55.4 Å². The third-order valence-corrected chi connectivity index (χ3v) is 6.47. The number of aliphatic hydroxyl groups is 7. The van der Waals surface area contributed by atoms with Crippen LogP contribution in [0, 0.1) is 10.8 Å². The van der Waals surface area contributed by atoms with E-state index in [1.165, 1.54) is 6.92 Å². The standard InChI is InChI=1S/C19H32N2O11/c1-6(11-8(5-22)20-3-9(11)23)17-14(26)15(27)18(10(31-17)4-21-29)32-19-16(28)13(25)12(24)7(2)30-19/h7-20,22-28H,1,3-5H2,2H3/t7-,8-,9-,10-,11-,12-,13+,14-,15-,16-,17-,18-,19+/m1/s1. The molecular weight excluding hydrogens is 432 g/mol. The molecule has 32 heavy (non-hydrogen) atoms. The summed E-state index contributed by atoms with van der Waals surface area (Å²) in [6, 6.07) is -0.540. The van der Waals surface area contributed by atoms with E-state index in [0.29, 0.717) is 0 Å². The summed E-state index contributed by atoms with van der Waals surface area (Å²) in [4.78, 5) is 11.0. The molecule has 184 valence electrons. The highest BCUT2D eigenvalue weighted by atomic mass is 16.7. The first-order valence-corrected chi connectivity index (χ1v) is 10.5. The zero-order valence-electron chi connectivity index (χ0n) is 17.5. The van der Waals surface area contributed by atoms with Crippen molar-refractivity contribution in [3.8, 4) is 0 Å². The zero-order valence-corrected chi connectivity index (χ0v) is 17.5. The number of nitroso groups, excluding NO2 is 1. The van der Waals surface area contributed by atoms with Crippen molar-refractivity contribution in [2.45, 2.75) is 80.3 Å². The number of β-amino-alcohol motifs (C(OH)–C–C–N with tert-alkyl or cyclic N) is 1. The highest BCUT2D eigenvalue weighted by Crippen LogP contribution is 2.35. The van der Waals surface area contributed by atoms with E-state index in [9.17, 15) is 40.7 Å². The van der Waals surface area contributed by atoms with Gasteiger partial charge in [-0.1, -0.05) is 11.8 Å². The van der Waals surface area contributed by atoms with E-state index in [4.69, 9.17) is 14.2 Å². The van der Waals surface area contributed by atoms with Crippen LogP contribution < -0.4 is 5.32 Å². The lowest BCUT2D eigenvalue weighted by Crippen LogP contribution is -2.64. The maximum Gasteiger partial charge on any atom is 0.187 e. The first kappa shape index (κ1) is 25.5. The summed E-state index contributed by atoms with van der Waals surface area (Å²) in [5.74, 6) is -0.685. The highest BCUT2D eigenvalue weighted by molar-refractivity contribution is 5.20. The minimum absolute atomic E-state index is 0.189. The molecular formula is C19H32N2O11. The molecule has 0 bridgehead atoms. The molecule has 0 spiro atoms. The SMILES string of the molecule is C=C([C@H]1[C@H](O)CN[C@@H]1CO)[C@H]1O[C@H](CN=O)[C@@H](O[C@@H]2O[C@H](C)[C@@H](O)[C@H](O)[C@H]2O)[C@H](O)[C@H]1O. The Morgan fingerprint density at radius 1 is 1.06 bits per heavy atom. The first-order valence-electron chi connectivity index (χ1n) is 10.5. The molecule has 3 fully saturated rings. The van der Waals surface area contributed by atoms with Gasteiger partial charge < -0.3 is 55.3 Å². The van der Waals surface area contributed by atoms with Crippen molar-refractivity contribution in [1.82, 2.24) is 5.32 Å². The fraction of sp³-hybridized carbons (Fsp3) is 0.895. The smallest absolute Gasteiger partial charge is 0.187 e. The molecule has 3 heterocycles. The number of nitrogens with zero attached hydrogens (tertiary/aromatic N) is 1. The van der Waals surface area contributed by atoms with E-state index in [-0.39, 0.29) is 18.7 Å². The molecule has 13 nitrogen and oxygen atoms in total. The average molecular weight is 464 g/mol. The van der Waals surface area contributed by atoms with E-state index < -0.39 is 85.8 Å². The van der Waals surface area contributed by atoms with Crippen molar-refractivity contribution >= 4 is 0 Å². The van der Waals surface area contributed by atoms with Crippen LogP contribution >= 0.6 is 0 Å². The minimum atomic E-state index is -1.67. The van der Waals surface area contributed by atoms with Crippen molar-refractivity contribution in [1.29, 1.82) is 0 Å². The molecule has 3 saturated heterocycles. The second kappa shape index (κ2) is 10.4. The topological polar surface area (TPSA) is 211 Å². The van der Waals surface area contributed by atoms with Gasteiger partial charge in [0, 0.05) is 18.5 Å². The Hall–Kier alpha value is -1.10. The van der Waals surface area contributed by atoms with Gasteiger partial charge in [-0.25, -0.2) is 0 Å². The molecule has 0 aliphatic carbocycles. The van der Waals surface area contributed by atoms with Gasteiger partial charge in [0.2, 0.25) is 0 Å². The molecule has 3 aliphatic heterocycles. The van der Waals surface area contributed by atoms with E-state index in [0.717, 1.165) is 0 Å². The lowest BCUT2D eigenvalue weighted by atomic mass is 9.82. The minimum Gasteiger partial charge on any atom is -0.395 e. The molecule has 13 atom stereocenters. The van der Waals surface area contributed by atoms with Gasteiger partial charge in [-0.15, -0.1) is 0 Å². The van der Waals surface area contributed by atoms with Crippen molar-refractivity contribution in [3.05, 3.63) is 17.1 Å². The second-order valence-corrected chi connectivity index (χ2v) is 8.54. The zero-order chi connectivity index (χ0) is 23.7. The lowest BCUT2D eigenvalue weighted by Gasteiger charge is -2.47. The molecule has 0 saturated carbocycles. The first-order chi connectivity index (χ1) is 15.1.